The minimum atomic E-state index is 0. The van der Waals surface area contributed by atoms with Crippen molar-refractivity contribution in [2.24, 2.45) is 0 Å². The first-order valence-corrected chi connectivity index (χ1v) is 7.68. The molecule has 0 bridgehead atoms. The van der Waals surface area contributed by atoms with Crippen molar-refractivity contribution in [1.29, 1.82) is 0 Å². The lowest BCUT2D eigenvalue weighted by molar-refractivity contribution is -0.132. The molecule has 9 heteroatoms. The van der Waals surface area contributed by atoms with Gasteiger partial charge < -0.3 is 20.3 Å². The minimum Gasteiger partial charge on any atom is -0.383 e. The first-order chi connectivity index (χ1) is 10.2. The van der Waals surface area contributed by atoms with E-state index in [0.717, 1.165) is 25.9 Å². The molecule has 0 aromatic heterocycles. The molecule has 0 aromatic carbocycles. The normalized spacial score (nSPS) is 17.9. The van der Waals surface area contributed by atoms with Gasteiger partial charge in [0.2, 0.25) is 11.8 Å². The van der Waals surface area contributed by atoms with Crippen LogP contribution in [0.4, 0.5) is 0 Å². The number of carbonyl (C=O) groups is 2. The first-order valence-electron chi connectivity index (χ1n) is 7.68. The minimum absolute atomic E-state index is 0. The molecule has 2 N–H and O–H groups in total. The highest BCUT2D eigenvalue weighted by molar-refractivity contribution is 5.85. The number of nitrogens with one attached hydrogen (secondary N) is 2. The second-order valence-corrected chi connectivity index (χ2v) is 5.67. The van der Waals surface area contributed by atoms with Crippen molar-refractivity contribution >= 4 is 36.6 Å². The molecule has 2 amide bonds. The van der Waals surface area contributed by atoms with E-state index < -0.39 is 0 Å². The monoisotopic (exact) mass is 370 g/mol. The highest BCUT2D eigenvalue weighted by Gasteiger charge is 2.26. The molecule has 0 unspecified atom stereocenters. The fraction of sp³-hybridized carbons (Fsp3) is 0.857. The van der Waals surface area contributed by atoms with Crippen molar-refractivity contribution < 1.29 is 14.3 Å². The molecular formula is C14H28Cl2N4O3. The Hall–Kier alpha value is -0.600. The lowest BCUT2D eigenvalue weighted by Gasteiger charge is -2.34. The van der Waals surface area contributed by atoms with Crippen LogP contribution in [-0.2, 0) is 14.3 Å². The maximum absolute atomic E-state index is 12.0. The number of carbonyl (C=O) groups excluding carboxylic acids is 2. The number of piperazine rings is 1. The van der Waals surface area contributed by atoms with Crippen LogP contribution < -0.4 is 10.6 Å². The van der Waals surface area contributed by atoms with E-state index in [0.29, 0.717) is 45.4 Å². The highest BCUT2D eigenvalue weighted by Crippen LogP contribution is 2.18. The van der Waals surface area contributed by atoms with Gasteiger partial charge in [-0.05, 0) is 12.8 Å². The average molecular weight is 371 g/mol. The number of rotatable bonds is 8. The number of nitrogens with zero attached hydrogens (tertiary/aromatic N) is 2. The Morgan fingerprint density at radius 2 is 1.78 bits per heavy atom. The maximum Gasteiger partial charge on any atom is 0.236 e. The van der Waals surface area contributed by atoms with E-state index in [1.165, 1.54) is 0 Å². The summed E-state index contributed by atoms with van der Waals surface area (Å²) in [7, 11) is 1.64. The quantitative estimate of drug-likeness (QED) is 0.563. The molecule has 0 radical (unpaired) electrons. The lowest BCUT2D eigenvalue weighted by Crippen LogP contribution is -2.52. The van der Waals surface area contributed by atoms with Crippen molar-refractivity contribution in [2.75, 3.05) is 59.5 Å². The Labute approximate surface area is 150 Å². The van der Waals surface area contributed by atoms with E-state index in [1.807, 2.05) is 4.90 Å². The fourth-order valence-corrected chi connectivity index (χ4v) is 2.34. The van der Waals surface area contributed by atoms with E-state index in [1.54, 1.807) is 7.11 Å². The SMILES string of the molecule is COCCNCC(=O)N1CCN(CC(=O)NC2CC2)CC1.Cl.Cl. The van der Waals surface area contributed by atoms with Gasteiger partial charge in [0.25, 0.3) is 0 Å². The molecule has 1 saturated heterocycles. The molecule has 0 spiro atoms. The van der Waals surface area contributed by atoms with Gasteiger partial charge in [-0.3, -0.25) is 14.5 Å². The first kappa shape index (κ1) is 22.4. The van der Waals surface area contributed by atoms with Crippen molar-refractivity contribution in [3.8, 4) is 0 Å². The van der Waals surface area contributed by atoms with Crippen LogP contribution in [0.3, 0.4) is 0 Å². The zero-order valence-electron chi connectivity index (χ0n) is 13.6. The number of hydrogen-bond donors (Lipinski definition) is 2. The summed E-state index contributed by atoms with van der Waals surface area (Å²) in [6, 6.07) is 0.415. The van der Waals surface area contributed by atoms with E-state index in [4.69, 9.17) is 4.74 Å². The molecule has 136 valence electrons. The molecule has 1 aliphatic heterocycles. The second-order valence-electron chi connectivity index (χ2n) is 5.67. The van der Waals surface area contributed by atoms with Gasteiger partial charge in [-0.15, -0.1) is 24.8 Å². The van der Waals surface area contributed by atoms with Gasteiger partial charge in [-0.2, -0.15) is 0 Å². The summed E-state index contributed by atoms with van der Waals surface area (Å²) in [5.74, 6) is 0.228. The van der Waals surface area contributed by atoms with Gasteiger partial charge in [-0.25, -0.2) is 0 Å². The molecule has 1 heterocycles. The Kier molecular flexibility index (Phi) is 11.6. The number of amides is 2. The molecule has 1 saturated carbocycles. The summed E-state index contributed by atoms with van der Waals surface area (Å²) < 4.78 is 4.92. The van der Waals surface area contributed by atoms with Crippen molar-refractivity contribution in [2.45, 2.75) is 18.9 Å². The predicted molar refractivity (Wildman–Crippen MR) is 93.4 cm³/mol. The smallest absolute Gasteiger partial charge is 0.236 e. The van der Waals surface area contributed by atoms with Gasteiger partial charge in [0.15, 0.2) is 0 Å². The van der Waals surface area contributed by atoms with Crippen molar-refractivity contribution in [3.63, 3.8) is 0 Å². The zero-order chi connectivity index (χ0) is 15.1. The second kappa shape index (κ2) is 11.9. The van der Waals surface area contributed by atoms with E-state index in [-0.39, 0.29) is 36.6 Å². The van der Waals surface area contributed by atoms with Gasteiger partial charge in [-0.1, -0.05) is 0 Å². The molecule has 23 heavy (non-hydrogen) atoms. The fourth-order valence-electron chi connectivity index (χ4n) is 2.34. The van der Waals surface area contributed by atoms with E-state index in [9.17, 15) is 9.59 Å². The van der Waals surface area contributed by atoms with Crippen molar-refractivity contribution in [3.05, 3.63) is 0 Å². The molecule has 0 aromatic rings. The third-order valence-corrected chi connectivity index (χ3v) is 3.79. The standard InChI is InChI=1S/C14H26N4O3.2ClH/c1-21-9-4-15-10-14(20)18-7-5-17(6-8-18)11-13(19)16-12-2-3-12;;/h12,15H,2-11H2,1H3,(H,16,19);2*1H. The molecule has 1 aliphatic carbocycles. The summed E-state index contributed by atoms with van der Waals surface area (Å²) in [6.45, 7) is 5.02. The van der Waals surface area contributed by atoms with Crippen LogP contribution in [-0.4, -0.2) is 87.2 Å². The highest BCUT2D eigenvalue weighted by atomic mass is 35.5. The molecular weight excluding hydrogens is 343 g/mol. The zero-order valence-corrected chi connectivity index (χ0v) is 15.2. The maximum atomic E-state index is 12.0. The Morgan fingerprint density at radius 3 is 2.35 bits per heavy atom. The van der Waals surface area contributed by atoms with E-state index >= 15 is 0 Å². The Bertz CT molecular complexity index is 362. The largest absolute Gasteiger partial charge is 0.383 e. The topological polar surface area (TPSA) is 73.9 Å². The molecule has 2 fully saturated rings. The molecule has 0 atom stereocenters. The van der Waals surface area contributed by atoms with Gasteiger partial charge in [0.05, 0.1) is 19.7 Å². The Balaban J connectivity index is 0.00000242. The Morgan fingerprint density at radius 1 is 1.13 bits per heavy atom. The van der Waals surface area contributed by atoms with Crippen LogP contribution in [0.15, 0.2) is 0 Å². The third kappa shape index (κ3) is 8.72. The van der Waals surface area contributed by atoms with Crippen LogP contribution >= 0.6 is 24.8 Å². The lowest BCUT2D eigenvalue weighted by atomic mass is 10.3. The summed E-state index contributed by atoms with van der Waals surface area (Å²) in [5, 5.41) is 6.05. The third-order valence-electron chi connectivity index (χ3n) is 3.79. The van der Waals surface area contributed by atoms with E-state index in [2.05, 4.69) is 15.5 Å². The van der Waals surface area contributed by atoms with Gasteiger partial charge in [0, 0.05) is 45.9 Å². The summed E-state index contributed by atoms with van der Waals surface area (Å²) >= 11 is 0. The molecule has 2 rings (SSSR count). The van der Waals surface area contributed by atoms with Crippen LogP contribution in [0, 0.1) is 0 Å². The number of hydrogen-bond acceptors (Lipinski definition) is 5. The van der Waals surface area contributed by atoms with Crippen LogP contribution in [0.2, 0.25) is 0 Å². The molecule has 7 nitrogen and oxygen atoms in total. The van der Waals surface area contributed by atoms with Crippen LogP contribution in [0.1, 0.15) is 12.8 Å². The summed E-state index contributed by atoms with van der Waals surface area (Å²) in [5.41, 5.74) is 0. The summed E-state index contributed by atoms with van der Waals surface area (Å²) in [6.07, 6.45) is 2.23. The number of halogens is 2. The summed E-state index contributed by atoms with van der Waals surface area (Å²) in [4.78, 5) is 27.7. The van der Waals surface area contributed by atoms with Gasteiger partial charge >= 0.3 is 0 Å². The van der Waals surface area contributed by atoms with Crippen molar-refractivity contribution in [1.82, 2.24) is 20.4 Å². The predicted octanol–water partition coefficient (Wildman–Crippen LogP) is -0.511. The van der Waals surface area contributed by atoms with Crippen LogP contribution in [0.25, 0.3) is 0 Å². The number of methoxy groups -OCH3 is 1. The average Bonchev–Trinajstić information content (AvgIpc) is 3.28. The molecule has 2 aliphatic rings. The van der Waals surface area contributed by atoms with Crippen LogP contribution in [0.5, 0.6) is 0 Å². The number of ether oxygens (including phenoxy) is 1. The van der Waals surface area contributed by atoms with Gasteiger partial charge in [0.1, 0.15) is 0 Å².